The molecule has 3 aromatic rings. The number of furan rings is 1. The molecule has 1 aromatic heterocycles. The molecule has 0 bridgehead atoms. The van der Waals surface area contributed by atoms with Crippen LogP contribution < -0.4 is 4.74 Å². The van der Waals surface area contributed by atoms with Gasteiger partial charge in [-0.05, 0) is 37.6 Å². The summed E-state index contributed by atoms with van der Waals surface area (Å²) in [5.41, 5.74) is 4.21. The molecule has 2 aromatic carbocycles. The lowest BCUT2D eigenvalue weighted by atomic mass is 10.0. The van der Waals surface area contributed by atoms with E-state index in [1.807, 2.05) is 25.1 Å². The van der Waals surface area contributed by atoms with E-state index in [0.29, 0.717) is 6.54 Å². The van der Waals surface area contributed by atoms with Gasteiger partial charge in [0.15, 0.2) is 0 Å². The van der Waals surface area contributed by atoms with E-state index >= 15 is 0 Å². The fourth-order valence-corrected chi connectivity index (χ4v) is 3.53. The van der Waals surface area contributed by atoms with Gasteiger partial charge in [-0.15, -0.1) is 0 Å². The average Bonchev–Trinajstić information content (AvgIpc) is 2.96. The molecule has 0 saturated carbocycles. The Morgan fingerprint density at radius 2 is 1.88 bits per heavy atom. The summed E-state index contributed by atoms with van der Waals surface area (Å²) >= 11 is 0. The third-order valence-corrected chi connectivity index (χ3v) is 4.68. The van der Waals surface area contributed by atoms with Crippen LogP contribution in [0.2, 0.25) is 0 Å². The molecule has 4 nitrogen and oxygen atoms in total. The normalized spacial score (nSPS) is 11.4. The lowest BCUT2D eigenvalue weighted by molar-refractivity contribution is 0.189. The quantitative estimate of drug-likeness (QED) is 0.642. The number of ether oxygens (including phenoxy) is 1. The Balaban J connectivity index is 2.05. The highest BCUT2D eigenvalue weighted by Gasteiger charge is 2.17. The summed E-state index contributed by atoms with van der Waals surface area (Å²) in [6, 6.07) is 14.4. The van der Waals surface area contributed by atoms with Gasteiger partial charge >= 0.3 is 0 Å². The number of benzene rings is 2. The fourth-order valence-electron chi connectivity index (χ4n) is 3.53. The van der Waals surface area contributed by atoms with E-state index in [0.717, 1.165) is 58.7 Å². The number of fused-ring (bicyclic) bond motifs is 1. The fraction of sp³-hybridized carbons (Fsp3) is 0.364. The molecule has 4 heteroatoms. The highest BCUT2D eigenvalue weighted by Crippen LogP contribution is 2.38. The molecule has 138 valence electrons. The monoisotopic (exact) mass is 353 g/mol. The van der Waals surface area contributed by atoms with E-state index in [9.17, 15) is 5.11 Å². The predicted molar refractivity (Wildman–Crippen MR) is 106 cm³/mol. The lowest BCUT2D eigenvalue weighted by Gasteiger charge is -2.21. The molecule has 0 radical (unpaired) electrons. The Kier molecular flexibility index (Phi) is 5.96. The number of hydrogen-bond donors (Lipinski definition) is 1. The van der Waals surface area contributed by atoms with Crippen molar-refractivity contribution in [1.82, 2.24) is 4.90 Å². The number of aliphatic hydroxyl groups excluding tert-OH is 1. The van der Waals surface area contributed by atoms with Gasteiger partial charge in [-0.2, -0.15) is 0 Å². The third-order valence-electron chi connectivity index (χ3n) is 4.68. The van der Waals surface area contributed by atoms with Crippen molar-refractivity contribution in [3.63, 3.8) is 0 Å². The lowest BCUT2D eigenvalue weighted by Crippen LogP contribution is -2.27. The highest BCUT2D eigenvalue weighted by atomic mass is 16.5. The van der Waals surface area contributed by atoms with Gasteiger partial charge in [0.1, 0.15) is 17.1 Å². The summed E-state index contributed by atoms with van der Waals surface area (Å²) in [6.45, 7) is 6.63. The molecular weight excluding hydrogens is 326 g/mol. The van der Waals surface area contributed by atoms with Gasteiger partial charge in [0, 0.05) is 29.6 Å². The van der Waals surface area contributed by atoms with Crippen LogP contribution in [0.4, 0.5) is 0 Å². The second-order valence-electron chi connectivity index (χ2n) is 6.56. The minimum absolute atomic E-state index is 0.155. The zero-order valence-electron chi connectivity index (χ0n) is 15.8. The van der Waals surface area contributed by atoms with Gasteiger partial charge in [0.2, 0.25) is 0 Å². The number of methoxy groups -OCH3 is 1. The van der Waals surface area contributed by atoms with Crippen LogP contribution in [0, 0.1) is 6.92 Å². The maximum Gasteiger partial charge on any atom is 0.135 e. The summed E-state index contributed by atoms with van der Waals surface area (Å²) in [6.07, 6.45) is 1.04. The van der Waals surface area contributed by atoms with Gasteiger partial charge in [0.25, 0.3) is 0 Å². The minimum Gasteiger partial charge on any atom is -0.496 e. The smallest absolute Gasteiger partial charge is 0.135 e. The number of aryl methyl sites for hydroxylation is 1. The molecule has 0 saturated heterocycles. The van der Waals surface area contributed by atoms with E-state index < -0.39 is 0 Å². The van der Waals surface area contributed by atoms with Crippen LogP contribution in [-0.2, 0) is 6.54 Å². The zero-order valence-corrected chi connectivity index (χ0v) is 15.8. The molecule has 0 amide bonds. The van der Waals surface area contributed by atoms with E-state index in [1.165, 1.54) is 0 Å². The van der Waals surface area contributed by atoms with Gasteiger partial charge in [-0.1, -0.05) is 37.3 Å². The van der Waals surface area contributed by atoms with E-state index in [1.54, 1.807) is 7.11 Å². The van der Waals surface area contributed by atoms with Crippen molar-refractivity contribution in [3.8, 4) is 16.9 Å². The van der Waals surface area contributed by atoms with Crippen LogP contribution >= 0.6 is 0 Å². The van der Waals surface area contributed by atoms with E-state index in [4.69, 9.17) is 9.15 Å². The van der Waals surface area contributed by atoms with Crippen LogP contribution in [0.15, 0.2) is 46.9 Å². The topological polar surface area (TPSA) is 45.8 Å². The van der Waals surface area contributed by atoms with Crippen LogP contribution in [0.1, 0.15) is 24.7 Å². The van der Waals surface area contributed by atoms with E-state index in [2.05, 4.69) is 36.1 Å². The Morgan fingerprint density at radius 3 is 2.54 bits per heavy atom. The maximum absolute atomic E-state index is 9.31. The molecule has 3 rings (SSSR count). The molecule has 1 N–H and O–H groups in total. The first kappa shape index (κ1) is 18.5. The molecular formula is C22H27NO3. The molecule has 0 fully saturated rings. The summed E-state index contributed by atoms with van der Waals surface area (Å²) in [5.74, 6) is 1.76. The Labute approximate surface area is 155 Å². The van der Waals surface area contributed by atoms with Crippen molar-refractivity contribution in [2.75, 3.05) is 26.8 Å². The molecule has 1 heterocycles. The Hall–Kier alpha value is -2.30. The van der Waals surface area contributed by atoms with Crippen molar-refractivity contribution in [2.24, 2.45) is 0 Å². The van der Waals surface area contributed by atoms with Gasteiger partial charge < -0.3 is 14.3 Å². The maximum atomic E-state index is 9.31. The molecule has 0 spiro atoms. The second kappa shape index (κ2) is 8.39. The first-order chi connectivity index (χ1) is 12.7. The SMILES string of the molecule is CCCN(CCO)Cc1cc2oc(C)c(-c3ccccc3)c2cc1OC. The molecule has 0 aliphatic carbocycles. The van der Waals surface area contributed by atoms with Crippen LogP contribution in [0.25, 0.3) is 22.1 Å². The number of aliphatic hydroxyl groups is 1. The zero-order chi connectivity index (χ0) is 18.5. The second-order valence-corrected chi connectivity index (χ2v) is 6.56. The summed E-state index contributed by atoms with van der Waals surface area (Å²) in [4.78, 5) is 2.23. The van der Waals surface area contributed by atoms with Crippen LogP contribution in [0.5, 0.6) is 5.75 Å². The summed E-state index contributed by atoms with van der Waals surface area (Å²) in [7, 11) is 1.70. The van der Waals surface area contributed by atoms with Crippen molar-refractivity contribution in [3.05, 3.63) is 53.8 Å². The van der Waals surface area contributed by atoms with Crippen molar-refractivity contribution < 1.29 is 14.3 Å². The number of hydrogen-bond acceptors (Lipinski definition) is 4. The number of nitrogens with zero attached hydrogens (tertiary/aromatic N) is 1. The van der Waals surface area contributed by atoms with Gasteiger partial charge in [-0.3, -0.25) is 4.90 Å². The summed E-state index contributed by atoms with van der Waals surface area (Å²) in [5, 5.41) is 10.4. The van der Waals surface area contributed by atoms with Crippen molar-refractivity contribution in [2.45, 2.75) is 26.8 Å². The highest BCUT2D eigenvalue weighted by molar-refractivity contribution is 5.97. The molecule has 0 atom stereocenters. The Morgan fingerprint density at radius 1 is 1.12 bits per heavy atom. The first-order valence-electron chi connectivity index (χ1n) is 9.16. The first-order valence-corrected chi connectivity index (χ1v) is 9.16. The molecule has 0 aliphatic rings. The Bertz CT molecular complexity index is 849. The minimum atomic E-state index is 0.155. The van der Waals surface area contributed by atoms with Crippen LogP contribution in [-0.4, -0.2) is 36.8 Å². The van der Waals surface area contributed by atoms with Crippen LogP contribution in [0.3, 0.4) is 0 Å². The molecule has 26 heavy (non-hydrogen) atoms. The largest absolute Gasteiger partial charge is 0.496 e. The predicted octanol–water partition coefficient (Wildman–Crippen LogP) is 4.62. The van der Waals surface area contributed by atoms with Gasteiger partial charge in [-0.25, -0.2) is 0 Å². The number of rotatable bonds is 8. The molecule has 0 aliphatic heterocycles. The average molecular weight is 353 g/mol. The van der Waals surface area contributed by atoms with E-state index in [-0.39, 0.29) is 6.61 Å². The summed E-state index contributed by atoms with van der Waals surface area (Å²) < 4.78 is 11.8. The standard InChI is InChI=1S/C22H27NO3/c1-4-10-23(11-12-24)15-18-13-21-19(14-20(18)25-3)22(16(2)26-21)17-8-6-5-7-9-17/h5-9,13-14,24H,4,10-12,15H2,1-3H3. The van der Waals surface area contributed by atoms with Crippen molar-refractivity contribution >= 4 is 11.0 Å². The van der Waals surface area contributed by atoms with Crippen molar-refractivity contribution in [1.29, 1.82) is 0 Å². The molecule has 0 unspecified atom stereocenters. The van der Waals surface area contributed by atoms with Gasteiger partial charge in [0.05, 0.1) is 13.7 Å². The third kappa shape index (κ3) is 3.76.